The molecule has 4 rings (SSSR count). The van der Waals surface area contributed by atoms with Gasteiger partial charge in [0.25, 0.3) is 5.91 Å². The maximum atomic E-state index is 12.9. The summed E-state index contributed by atoms with van der Waals surface area (Å²) in [6.07, 6.45) is 5.22. The van der Waals surface area contributed by atoms with Crippen LogP contribution in [-0.2, 0) is 11.3 Å². The van der Waals surface area contributed by atoms with Crippen LogP contribution in [-0.4, -0.2) is 26.1 Å². The molecule has 0 spiro atoms. The average molecular weight is 424 g/mol. The number of ether oxygens (including phenoxy) is 3. The Kier molecular flexibility index (Phi) is 6.16. The van der Waals surface area contributed by atoms with E-state index in [0.717, 1.165) is 16.7 Å². The molecule has 2 aromatic rings. The molecular formula is C25H29NO5. The van der Waals surface area contributed by atoms with Gasteiger partial charge in [0.05, 0.1) is 14.2 Å². The zero-order chi connectivity index (χ0) is 22.0. The largest absolute Gasteiger partial charge is 0.493 e. The first-order valence-corrected chi connectivity index (χ1v) is 10.9. The smallest absolute Gasteiger partial charge is 0.311 e. The van der Waals surface area contributed by atoms with Gasteiger partial charge in [-0.2, -0.15) is 0 Å². The summed E-state index contributed by atoms with van der Waals surface area (Å²) >= 11 is 0. The maximum Gasteiger partial charge on any atom is 0.311 e. The molecule has 164 valence electrons. The number of amides is 1. The van der Waals surface area contributed by atoms with Crippen LogP contribution in [0.3, 0.4) is 0 Å². The van der Waals surface area contributed by atoms with Crippen molar-refractivity contribution in [1.82, 2.24) is 5.32 Å². The fraction of sp³-hybridized carbons (Fsp3) is 0.440. The molecule has 0 radical (unpaired) electrons. The number of methoxy groups -OCH3 is 2. The standard InChI is InChI=1S/C25H29NO5/c1-15(16-6-4-5-7-16)12-22(27)31-23-19(10-11-21(29-2)24(23)30-3)17-8-9-20-18(13-17)14-26-25(20)28/h8-11,13,15-16H,4-7,12,14H2,1-3H3,(H,26,28). The Morgan fingerprint density at radius 2 is 1.81 bits per heavy atom. The number of carbonyl (C=O) groups is 2. The van der Waals surface area contributed by atoms with Crippen molar-refractivity contribution >= 4 is 11.9 Å². The van der Waals surface area contributed by atoms with E-state index in [-0.39, 0.29) is 17.8 Å². The van der Waals surface area contributed by atoms with Gasteiger partial charge in [0.2, 0.25) is 5.75 Å². The van der Waals surface area contributed by atoms with E-state index in [4.69, 9.17) is 14.2 Å². The van der Waals surface area contributed by atoms with Crippen LogP contribution in [0.25, 0.3) is 11.1 Å². The van der Waals surface area contributed by atoms with Crippen LogP contribution in [0.2, 0.25) is 0 Å². The van der Waals surface area contributed by atoms with Crippen molar-refractivity contribution in [2.24, 2.45) is 11.8 Å². The van der Waals surface area contributed by atoms with Crippen LogP contribution in [0.4, 0.5) is 0 Å². The molecule has 6 heteroatoms. The van der Waals surface area contributed by atoms with Crippen LogP contribution in [0.1, 0.15) is 54.9 Å². The normalized spacial score (nSPS) is 16.5. The molecule has 6 nitrogen and oxygen atoms in total. The van der Waals surface area contributed by atoms with Crippen molar-refractivity contribution in [3.8, 4) is 28.4 Å². The van der Waals surface area contributed by atoms with Gasteiger partial charge in [0.15, 0.2) is 11.5 Å². The monoisotopic (exact) mass is 423 g/mol. The molecular weight excluding hydrogens is 394 g/mol. The molecule has 1 fully saturated rings. The van der Waals surface area contributed by atoms with E-state index in [0.29, 0.717) is 41.7 Å². The number of hydrogen-bond donors (Lipinski definition) is 1. The van der Waals surface area contributed by atoms with Gasteiger partial charge in [0.1, 0.15) is 0 Å². The molecule has 1 amide bonds. The zero-order valence-corrected chi connectivity index (χ0v) is 18.3. The molecule has 1 aliphatic carbocycles. The fourth-order valence-electron chi connectivity index (χ4n) is 4.74. The summed E-state index contributed by atoms with van der Waals surface area (Å²) in [5.74, 6) is 1.76. The summed E-state index contributed by atoms with van der Waals surface area (Å²) < 4.78 is 16.9. The van der Waals surface area contributed by atoms with Crippen molar-refractivity contribution in [1.29, 1.82) is 0 Å². The Labute approximate surface area is 182 Å². The van der Waals surface area contributed by atoms with Gasteiger partial charge in [-0.05, 0) is 47.2 Å². The van der Waals surface area contributed by atoms with E-state index in [1.807, 2.05) is 18.2 Å². The van der Waals surface area contributed by atoms with Crippen molar-refractivity contribution < 1.29 is 23.8 Å². The Hall–Kier alpha value is -3.02. The number of benzene rings is 2. The molecule has 1 atom stereocenters. The summed E-state index contributed by atoms with van der Waals surface area (Å²) in [7, 11) is 3.09. The minimum Gasteiger partial charge on any atom is -0.493 e. The van der Waals surface area contributed by atoms with Gasteiger partial charge in [-0.1, -0.05) is 38.7 Å². The molecule has 0 aromatic heterocycles. The van der Waals surface area contributed by atoms with Gasteiger partial charge in [-0.3, -0.25) is 9.59 Å². The minimum absolute atomic E-state index is 0.0681. The second kappa shape index (κ2) is 9.00. The second-order valence-electron chi connectivity index (χ2n) is 8.43. The summed E-state index contributed by atoms with van der Waals surface area (Å²) in [5.41, 5.74) is 3.17. The van der Waals surface area contributed by atoms with E-state index in [1.165, 1.54) is 32.8 Å². The van der Waals surface area contributed by atoms with E-state index < -0.39 is 0 Å². The Morgan fingerprint density at radius 3 is 2.52 bits per heavy atom. The minimum atomic E-state index is -0.273. The first kappa shape index (κ1) is 21.2. The zero-order valence-electron chi connectivity index (χ0n) is 18.3. The van der Waals surface area contributed by atoms with Crippen LogP contribution < -0.4 is 19.5 Å². The highest BCUT2D eigenvalue weighted by Crippen LogP contribution is 2.45. The first-order valence-electron chi connectivity index (χ1n) is 10.9. The molecule has 2 aliphatic rings. The molecule has 1 unspecified atom stereocenters. The lowest BCUT2D eigenvalue weighted by Crippen LogP contribution is -2.18. The molecule has 0 bridgehead atoms. The number of hydrogen-bond acceptors (Lipinski definition) is 5. The lowest BCUT2D eigenvalue weighted by atomic mass is 9.90. The molecule has 31 heavy (non-hydrogen) atoms. The van der Waals surface area contributed by atoms with Crippen LogP contribution in [0.5, 0.6) is 17.2 Å². The number of carbonyl (C=O) groups excluding carboxylic acids is 2. The second-order valence-corrected chi connectivity index (χ2v) is 8.43. The van der Waals surface area contributed by atoms with Crippen molar-refractivity contribution in [3.63, 3.8) is 0 Å². The highest BCUT2D eigenvalue weighted by atomic mass is 16.6. The van der Waals surface area contributed by atoms with E-state index >= 15 is 0 Å². The van der Waals surface area contributed by atoms with Crippen LogP contribution in [0.15, 0.2) is 30.3 Å². The summed E-state index contributed by atoms with van der Waals surface area (Å²) in [4.78, 5) is 24.8. The Morgan fingerprint density at radius 1 is 1.06 bits per heavy atom. The lowest BCUT2D eigenvalue weighted by molar-refractivity contribution is -0.135. The quantitative estimate of drug-likeness (QED) is 0.515. The molecule has 1 saturated carbocycles. The Bertz CT molecular complexity index is 994. The molecule has 1 aliphatic heterocycles. The Balaban J connectivity index is 1.66. The van der Waals surface area contributed by atoms with Gasteiger partial charge in [-0.25, -0.2) is 0 Å². The van der Waals surface area contributed by atoms with E-state index in [1.54, 1.807) is 19.2 Å². The number of rotatable bonds is 7. The summed E-state index contributed by atoms with van der Waals surface area (Å²) in [5, 5.41) is 2.83. The third-order valence-electron chi connectivity index (χ3n) is 6.51. The first-order chi connectivity index (χ1) is 15.0. The number of fused-ring (bicyclic) bond motifs is 1. The fourth-order valence-corrected chi connectivity index (χ4v) is 4.74. The maximum absolute atomic E-state index is 12.9. The summed E-state index contributed by atoms with van der Waals surface area (Å²) in [6.45, 7) is 2.62. The molecule has 1 heterocycles. The van der Waals surface area contributed by atoms with Crippen molar-refractivity contribution in [2.75, 3.05) is 14.2 Å². The average Bonchev–Trinajstić information content (AvgIpc) is 3.43. The van der Waals surface area contributed by atoms with Gasteiger partial charge < -0.3 is 19.5 Å². The molecule has 2 aromatic carbocycles. The van der Waals surface area contributed by atoms with Gasteiger partial charge >= 0.3 is 5.97 Å². The summed E-state index contributed by atoms with van der Waals surface area (Å²) in [6, 6.07) is 9.27. The van der Waals surface area contributed by atoms with Crippen molar-refractivity contribution in [3.05, 3.63) is 41.5 Å². The number of esters is 1. The van der Waals surface area contributed by atoms with E-state index in [9.17, 15) is 9.59 Å². The third-order valence-corrected chi connectivity index (χ3v) is 6.51. The number of nitrogens with one attached hydrogen (secondary N) is 1. The van der Waals surface area contributed by atoms with Gasteiger partial charge in [-0.15, -0.1) is 0 Å². The highest BCUT2D eigenvalue weighted by molar-refractivity contribution is 5.99. The van der Waals surface area contributed by atoms with Crippen molar-refractivity contribution in [2.45, 2.75) is 45.6 Å². The van der Waals surface area contributed by atoms with Crippen LogP contribution >= 0.6 is 0 Å². The topological polar surface area (TPSA) is 73.9 Å². The van der Waals surface area contributed by atoms with Crippen LogP contribution in [0, 0.1) is 11.8 Å². The molecule has 0 saturated heterocycles. The highest BCUT2D eigenvalue weighted by Gasteiger charge is 2.27. The van der Waals surface area contributed by atoms with E-state index in [2.05, 4.69) is 12.2 Å². The predicted molar refractivity (Wildman–Crippen MR) is 118 cm³/mol. The third kappa shape index (κ3) is 4.24. The molecule has 1 N–H and O–H groups in total. The van der Waals surface area contributed by atoms with Gasteiger partial charge in [0, 0.05) is 24.1 Å². The SMILES string of the molecule is COc1ccc(-c2ccc3c(c2)CNC3=O)c(OC(=O)CC(C)C2CCCC2)c1OC. The lowest BCUT2D eigenvalue weighted by Gasteiger charge is -2.20. The predicted octanol–water partition coefficient (Wildman–Crippen LogP) is 4.74.